The third-order valence-corrected chi connectivity index (χ3v) is 3.89. The predicted octanol–water partition coefficient (Wildman–Crippen LogP) is 1.89. The van der Waals surface area contributed by atoms with Crippen molar-refractivity contribution in [2.45, 2.75) is 45.4 Å². The van der Waals surface area contributed by atoms with Crippen molar-refractivity contribution in [2.24, 2.45) is 0 Å². The molecule has 0 bridgehead atoms. The lowest BCUT2D eigenvalue weighted by Crippen LogP contribution is -2.49. The summed E-state index contributed by atoms with van der Waals surface area (Å²) in [6, 6.07) is 8.34. The van der Waals surface area contributed by atoms with Crippen LogP contribution in [0.3, 0.4) is 0 Å². The van der Waals surface area contributed by atoms with Crippen LogP contribution < -0.4 is 16.0 Å². The molecule has 2 rings (SSSR count). The SMILES string of the molecule is CC(C)(C)OC(=O)NCCNC(=O)C(Cc1cnc[nH]1)NC(=O)OCc1ccccc1. The second-order valence-corrected chi connectivity index (χ2v) is 7.76. The molecule has 1 atom stereocenters. The molecule has 31 heavy (non-hydrogen) atoms. The van der Waals surface area contributed by atoms with Crippen molar-refractivity contribution in [3.8, 4) is 0 Å². The van der Waals surface area contributed by atoms with Gasteiger partial charge in [0.1, 0.15) is 18.2 Å². The number of aromatic nitrogens is 2. The van der Waals surface area contributed by atoms with Crippen LogP contribution in [0.5, 0.6) is 0 Å². The van der Waals surface area contributed by atoms with Gasteiger partial charge in [0.05, 0.1) is 6.33 Å². The Bertz CT molecular complexity index is 834. The van der Waals surface area contributed by atoms with Crippen molar-refractivity contribution in [2.75, 3.05) is 13.1 Å². The molecular formula is C21H29N5O5. The number of hydrogen-bond acceptors (Lipinski definition) is 6. The zero-order valence-corrected chi connectivity index (χ0v) is 17.9. The average molecular weight is 431 g/mol. The molecule has 1 heterocycles. The van der Waals surface area contributed by atoms with Gasteiger partial charge in [0.25, 0.3) is 0 Å². The molecule has 0 fully saturated rings. The van der Waals surface area contributed by atoms with Gasteiger partial charge in [-0.1, -0.05) is 30.3 Å². The van der Waals surface area contributed by atoms with Crippen LogP contribution in [0.2, 0.25) is 0 Å². The fourth-order valence-electron chi connectivity index (χ4n) is 2.52. The highest BCUT2D eigenvalue weighted by Gasteiger charge is 2.22. The van der Waals surface area contributed by atoms with Gasteiger partial charge in [0.15, 0.2) is 0 Å². The second-order valence-electron chi connectivity index (χ2n) is 7.76. The number of nitrogens with zero attached hydrogens (tertiary/aromatic N) is 1. The van der Waals surface area contributed by atoms with E-state index in [0.717, 1.165) is 5.56 Å². The van der Waals surface area contributed by atoms with Crippen LogP contribution in [-0.2, 0) is 27.3 Å². The molecular weight excluding hydrogens is 402 g/mol. The smallest absolute Gasteiger partial charge is 0.408 e. The molecule has 168 valence electrons. The van der Waals surface area contributed by atoms with Gasteiger partial charge in [-0.05, 0) is 26.3 Å². The second kappa shape index (κ2) is 11.6. The molecule has 0 saturated carbocycles. The van der Waals surface area contributed by atoms with Crippen LogP contribution >= 0.6 is 0 Å². The number of hydrogen-bond donors (Lipinski definition) is 4. The van der Waals surface area contributed by atoms with E-state index in [1.165, 1.54) is 6.33 Å². The molecule has 0 saturated heterocycles. The zero-order chi connectivity index (χ0) is 22.7. The number of carbonyl (C=O) groups excluding carboxylic acids is 3. The highest BCUT2D eigenvalue weighted by Crippen LogP contribution is 2.06. The van der Waals surface area contributed by atoms with Crippen LogP contribution in [0.25, 0.3) is 0 Å². The predicted molar refractivity (Wildman–Crippen MR) is 113 cm³/mol. The Morgan fingerprint density at radius 2 is 1.77 bits per heavy atom. The van der Waals surface area contributed by atoms with Crippen LogP contribution in [0.4, 0.5) is 9.59 Å². The largest absolute Gasteiger partial charge is 0.445 e. The zero-order valence-electron chi connectivity index (χ0n) is 17.9. The van der Waals surface area contributed by atoms with Crippen molar-refractivity contribution < 1.29 is 23.9 Å². The molecule has 1 aromatic heterocycles. The third-order valence-electron chi connectivity index (χ3n) is 3.89. The summed E-state index contributed by atoms with van der Waals surface area (Å²) in [5.41, 5.74) is 0.905. The van der Waals surface area contributed by atoms with Crippen molar-refractivity contribution >= 4 is 18.1 Å². The van der Waals surface area contributed by atoms with Crippen molar-refractivity contribution in [1.82, 2.24) is 25.9 Å². The van der Waals surface area contributed by atoms with Crippen LogP contribution in [0, 0.1) is 0 Å². The summed E-state index contributed by atoms with van der Waals surface area (Å²) in [5, 5.41) is 7.81. The lowest BCUT2D eigenvalue weighted by Gasteiger charge is -2.20. The van der Waals surface area contributed by atoms with E-state index in [0.29, 0.717) is 5.69 Å². The summed E-state index contributed by atoms with van der Waals surface area (Å²) in [4.78, 5) is 43.3. The van der Waals surface area contributed by atoms with E-state index < -0.39 is 29.7 Å². The maximum atomic E-state index is 12.6. The van der Waals surface area contributed by atoms with E-state index >= 15 is 0 Å². The summed E-state index contributed by atoms with van der Waals surface area (Å²) >= 11 is 0. The maximum Gasteiger partial charge on any atom is 0.408 e. The monoisotopic (exact) mass is 431 g/mol. The Balaban J connectivity index is 1.83. The molecule has 1 unspecified atom stereocenters. The number of H-pyrrole nitrogens is 1. The van der Waals surface area contributed by atoms with Crippen LogP contribution in [0.15, 0.2) is 42.9 Å². The van der Waals surface area contributed by atoms with Crippen LogP contribution in [-0.4, -0.2) is 52.8 Å². The Hall–Kier alpha value is -3.56. The summed E-state index contributed by atoms with van der Waals surface area (Å²) in [6.07, 6.45) is 1.98. The number of nitrogens with one attached hydrogen (secondary N) is 4. The lowest BCUT2D eigenvalue weighted by atomic mass is 10.1. The molecule has 0 aliphatic carbocycles. The first-order valence-electron chi connectivity index (χ1n) is 9.92. The van der Waals surface area contributed by atoms with Gasteiger partial charge in [-0.25, -0.2) is 14.6 Å². The first-order valence-corrected chi connectivity index (χ1v) is 9.92. The molecule has 1 aromatic carbocycles. The maximum absolute atomic E-state index is 12.6. The molecule has 0 aliphatic heterocycles. The molecule has 2 aromatic rings. The molecule has 0 radical (unpaired) electrons. The van der Waals surface area contributed by atoms with Gasteiger partial charge in [0.2, 0.25) is 5.91 Å². The molecule has 3 amide bonds. The van der Waals surface area contributed by atoms with Crippen molar-refractivity contribution in [3.05, 3.63) is 54.1 Å². The lowest BCUT2D eigenvalue weighted by molar-refractivity contribution is -0.123. The number of alkyl carbamates (subject to hydrolysis) is 2. The highest BCUT2D eigenvalue weighted by atomic mass is 16.6. The first kappa shape index (κ1) is 23.7. The van der Waals surface area contributed by atoms with E-state index in [9.17, 15) is 14.4 Å². The Labute approximate surface area is 181 Å². The molecule has 0 spiro atoms. The summed E-state index contributed by atoms with van der Waals surface area (Å²) in [7, 11) is 0. The number of amides is 3. The first-order chi connectivity index (χ1) is 14.7. The van der Waals surface area contributed by atoms with E-state index in [2.05, 4.69) is 25.9 Å². The van der Waals surface area contributed by atoms with Crippen molar-refractivity contribution in [1.29, 1.82) is 0 Å². The minimum Gasteiger partial charge on any atom is -0.445 e. The Morgan fingerprint density at radius 1 is 1.06 bits per heavy atom. The molecule has 10 nitrogen and oxygen atoms in total. The summed E-state index contributed by atoms with van der Waals surface area (Å²) in [6.45, 7) is 5.71. The minimum absolute atomic E-state index is 0.0882. The molecule has 0 aliphatic rings. The Morgan fingerprint density at radius 3 is 2.42 bits per heavy atom. The number of ether oxygens (including phenoxy) is 2. The highest BCUT2D eigenvalue weighted by molar-refractivity contribution is 5.85. The number of aromatic amines is 1. The Kier molecular flexibility index (Phi) is 8.86. The minimum atomic E-state index is -0.884. The van der Waals surface area contributed by atoms with Gasteiger partial charge in [-0.15, -0.1) is 0 Å². The van der Waals surface area contributed by atoms with E-state index in [1.54, 1.807) is 27.0 Å². The third kappa shape index (κ3) is 9.66. The normalized spacial score (nSPS) is 11.8. The van der Waals surface area contributed by atoms with Gasteiger partial charge in [0, 0.05) is 31.4 Å². The van der Waals surface area contributed by atoms with E-state index in [4.69, 9.17) is 9.47 Å². The fourth-order valence-corrected chi connectivity index (χ4v) is 2.52. The van der Waals surface area contributed by atoms with E-state index in [-0.39, 0.29) is 26.1 Å². The van der Waals surface area contributed by atoms with E-state index in [1.807, 2.05) is 30.3 Å². The fraction of sp³-hybridized carbons (Fsp3) is 0.429. The van der Waals surface area contributed by atoms with Gasteiger partial charge < -0.3 is 30.4 Å². The summed E-state index contributed by atoms with van der Waals surface area (Å²) in [5.74, 6) is -0.419. The number of carbonyl (C=O) groups is 3. The molecule has 4 N–H and O–H groups in total. The summed E-state index contributed by atoms with van der Waals surface area (Å²) < 4.78 is 10.3. The van der Waals surface area contributed by atoms with Crippen LogP contribution in [0.1, 0.15) is 32.0 Å². The number of imidazole rings is 1. The van der Waals surface area contributed by atoms with Gasteiger partial charge >= 0.3 is 12.2 Å². The quantitative estimate of drug-likeness (QED) is 0.448. The average Bonchev–Trinajstić information content (AvgIpc) is 3.21. The standard InChI is InChI=1S/C21H29N5O5/c1-21(2,3)31-19(28)24-10-9-23-18(27)17(11-16-12-22-14-25-16)26-20(29)30-13-15-7-5-4-6-8-15/h4-8,12,14,17H,9-11,13H2,1-3H3,(H,22,25)(H,23,27)(H,24,28)(H,26,29). The topological polar surface area (TPSA) is 134 Å². The van der Waals surface area contributed by atoms with Gasteiger partial charge in [-0.2, -0.15) is 0 Å². The number of benzene rings is 1. The number of rotatable bonds is 9. The molecule has 10 heteroatoms. The van der Waals surface area contributed by atoms with Crippen molar-refractivity contribution in [3.63, 3.8) is 0 Å². The van der Waals surface area contributed by atoms with Gasteiger partial charge in [-0.3, -0.25) is 4.79 Å².